The number of piperazine rings is 1. The van der Waals surface area contributed by atoms with Gasteiger partial charge in [0.15, 0.2) is 5.82 Å². The van der Waals surface area contributed by atoms with Gasteiger partial charge in [-0.25, -0.2) is 9.07 Å². The fourth-order valence-electron chi connectivity index (χ4n) is 4.77. The first kappa shape index (κ1) is 23.2. The van der Waals surface area contributed by atoms with Crippen molar-refractivity contribution in [3.05, 3.63) is 81.7 Å². The lowest BCUT2D eigenvalue weighted by molar-refractivity contribution is 0.190. The fraction of sp³-hybridized carbons (Fsp3) is 0.385. The summed E-state index contributed by atoms with van der Waals surface area (Å²) >= 11 is 0. The maximum absolute atomic E-state index is 13.4. The van der Waals surface area contributed by atoms with E-state index < -0.39 is 6.04 Å². The molecule has 1 saturated heterocycles. The van der Waals surface area contributed by atoms with Crippen molar-refractivity contribution in [3.63, 3.8) is 0 Å². The van der Waals surface area contributed by atoms with Crippen molar-refractivity contribution < 1.29 is 4.39 Å². The zero-order chi connectivity index (χ0) is 24.7. The first-order valence-electron chi connectivity index (χ1n) is 11.9. The van der Waals surface area contributed by atoms with E-state index in [9.17, 15) is 9.18 Å². The van der Waals surface area contributed by atoms with Crippen LogP contribution in [0.15, 0.2) is 53.3 Å². The van der Waals surface area contributed by atoms with Crippen LogP contribution in [0.1, 0.15) is 43.8 Å². The smallest absolute Gasteiger partial charge is 0.253 e. The van der Waals surface area contributed by atoms with E-state index in [1.165, 1.54) is 12.1 Å². The maximum Gasteiger partial charge on any atom is 0.253 e. The third kappa shape index (κ3) is 4.55. The standard InChI is InChI=1S/C26H30FN7O/c1-17-5-6-18-16-21(25(35)28-22(18)15-17)23(24-29-30-31-34(24)26(2,3)4)33-13-11-32(12-14-33)20-9-7-19(27)8-10-20/h5-10,15-16,23H,11-14H2,1-4H3,(H,28,35). The number of aryl methyl sites for hydroxylation is 1. The van der Waals surface area contributed by atoms with Crippen molar-refractivity contribution in [1.82, 2.24) is 30.1 Å². The number of halogens is 1. The van der Waals surface area contributed by atoms with Crippen LogP contribution < -0.4 is 10.5 Å². The maximum atomic E-state index is 13.4. The largest absolute Gasteiger partial charge is 0.369 e. The van der Waals surface area contributed by atoms with E-state index in [1.807, 2.05) is 56.6 Å². The van der Waals surface area contributed by atoms with Crippen LogP contribution in [0.25, 0.3) is 10.9 Å². The minimum absolute atomic E-state index is 0.141. The molecule has 8 nitrogen and oxygen atoms in total. The van der Waals surface area contributed by atoms with Crippen LogP contribution in [-0.4, -0.2) is 56.3 Å². The monoisotopic (exact) mass is 475 g/mol. The summed E-state index contributed by atoms with van der Waals surface area (Å²) in [5, 5.41) is 13.6. The number of nitrogens with zero attached hydrogens (tertiary/aromatic N) is 6. The number of H-pyrrole nitrogens is 1. The number of aromatic amines is 1. The lowest BCUT2D eigenvalue weighted by atomic mass is 10.0. The summed E-state index contributed by atoms with van der Waals surface area (Å²) in [6.07, 6.45) is 0. The van der Waals surface area contributed by atoms with Crippen molar-refractivity contribution in [2.75, 3.05) is 31.1 Å². The molecule has 2 aromatic heterocycles. The molecule has 2 aromatic carbocycles. The number of aromatic nitrogens is 5. The molecule has 0 saturated carbocycles. The molecule has 0 amide bonds. The Morgan fingerprint density at radius 3 is 2.40 bits per heavy atom. The topological polar surface area (TPSA) is 82.9 Å². The van der Waals surface area contributed by atoms with Gasteiger partial charge in [0.25, 0.3) is 5.56 Å². The van der Waals surface area contributed by atoms with Gasteiger partial charge < -0.3 is 9.88 Å². The number of pyridine rings is 1. The van der Waals surface area contributed by atoms with Crippen LogP contribution in [-0.2, 0) is 5.54 Å². The Morgan fingerprint density at radius 2 is 1.71 bits per heavy atom. The zero-order valence-electron chi connectivity index (χ0n) is 20.5. The molecule has 1 atom stereocenters. The lowest BCUT2D eigenvalue weighted by Gasteiger charge is -2.40. The van der Waals surface area contributed by atoms with E-state index in [4.69, 9.17) is 0 Å². The average Bonchev–Trinajstić information content (AvgIpc) is 3.31. The number of anilines is 1. The Bertz CT molecular complexity index is 1400. The molecule has 5 rings (SSSR count). The fourth-order valence-corrected chi connectivity index (χ4v) is 4.77. The van der Waals surface area contributed by atoms with E-state index in [-0.39, 0.29) is 16.9 Å². The second-order valence-corrected chi connectivity index (χ2v) is 10.2. The Morgan fingerprint density at radius 1 is 1.00 bits per heavy atom. The second-order valence-electron chi connectivity index (χ2n) is 10.2. The summed E-state index contributed by atoms with van der Waals surface area (Å²) in [6, 6.07) is 14.2. The number of tetrazole rings is 1. The minimum atomic E-state index is -0.408. The van der Waals surface area contributed by atoms with Gasteiger partial charge in [-0.05, 0) is 85.5 Å². The number of benzene rings is 2. The first-order valence-corrected chi connectivity index (χ1v) is 11.9. The normalized spacial score (nSPS) is 16.1. The van der Waals surface area contributed by atoms with Gasteiger partial charge in [-0.2, -0.15) is 0 Å². The number of nitrogens with one attached hydrogen (secondary N) is 1. The molecule has 1 fully saturated rings. The second kappa shape index (κ2) is 8.88. The van der Waals surface area contributed by atoms with Gasteiger partial charge in [0.1, 0.15) is 11.9 Å². The highest BCUT2D eigenvalue weighted by molar-refractivity contribution is 5.79. The molecule has 1 aliphatic heterocycles. The van der Waals surface area contributed by atoms with E-state index in [1.54, 1.807) is 12.1 Å². The third-order valence-electron chi connectivity index (χ3n) is 6.57. The molecule has 4 aromatic rings. The molecule has 35 heavy (non-hydrogen) atoms. The number of hydrogen-bond acceptors (Lipinski definition) is 6. The van der Waals surface area contributed by atoms with Gasteiger partial charge in [-0.1, -0.05) is 12.1 Å². The van der Waals surface area contributed by atoms with E-state index in [0.29, 0.717) is 24.5 Å². The van der Waals surface area contributed by atoms with Crippen LogP contribution in [0.3, 0.4) is 0 Å². The molecule has 9 heteroatoms. The number of hydrogen-bond donors (Lipinski definition) is 1. The highest BCUT2D eigenvalue weighted by Crippen LogP contribution is 2.31. The molecule has 1 N–H and O–H groups in total. The van der Waals surface area contributed by atoms with Gasteiger partial charge in [0, 0.05) is 42.9 Å². The Kier molecular flexibility index (Phi) is 5.88. The van der Waals surface area contributed by atoms with Gasteiger partial charge in [-0.15, -0.1) is 5.10 Å². The van der Waals surface area contributed by atoms with E-state index in [2.05, 4.69) is 30.3 Å². The summed E-state index contributed by atoms with van der Waals surface area (Å²) in [5.41, 5.74) is 3.02. The molecule has 1 aliphatic rings. The molecule has 0 bridgehead atoms. The SMILES string of the molecule is Cc1ccc2cc(C(c3nnnn3C(C)(C)C)N3CCN(c4ccc(F)cc4)CC3)c(=O)[nH]c2c1. The van der Waals surface area contributed by atoms with E-state index >= 15 is 0 Å². The van der Waals surface area contributed by atoms with Crippen LogP contribution in [0.4, 0.5) is 10.1 Å². The summed E-state index contributed by atoms with van der Waals surface area (Å²) < 4.78 is 15.2. The Labute approximate surface area is 203 Å². The van der Waals surface area contributed by atoms with Gasteiger partial charge >= 0.3 is 0 Å². The molecular weight excluding hydrogens is 445 g/mol. The Balaban J connectivity index is 1.55. The molecule has 0 aliphatic carbocycles. The van der Waals surface area contributed by atoms with Crippen molar-refractivity contribution in [1.29, 1.82) is 0 Å². The quantitative estimate of drug-likeness (QED) is 0.485. The highest BCUT2D eigenvalue weighted by atomic mass is 19.1. The predicted molar refractivity (Wildman–Crippen MR) is 134 cm³/mol. The third-order valence-corrected chi connectivity index (χ3v) is 6.57. The molecule has 1 unspecified atom stereocenters. The summed E-state index contributed by atoms with van der Waals surface area (Å²) in [7, 11) is 0. The average molecular weight is 476 g/mol. The van der Waals surface area contributed by atoms with Crippen molar-refractivity contribution in [2.45, 2.75) is 39.3 Å². The minimum Gasteiger partial charge on any atom is -0.369 e. The number of rotatable bonds is 4. The molecule has 0 spiro atoms. The van der Waals surface area contributed by atoms with Crippen molar-refractivity contribution in [2.24, 2.45) is 0 Å². The van der Waals surface area contributed by atoms with Crippen LogP contribution in [0, 0.1) is 12.7 Å². The van der Waals surface area contributed by atoms with Gasteiger partial charge in [0.05, 0.1) is 5.54 Å². The van der Waals surface area contributed by atoms with Crippen molar-refractivity contribution in [3.8, 4) is 0 Å². The summed E-state index contributed by atoms with van der Waals surface area (Å²) in [5.74, 6) is 0.400. The molecule has 3 heterocycles. The highest BCUT2D eigenvalue weighted by Gasteiger charge is 2.35. The van der Waals surface area contributed by atoms with E-state index in [0.717, 1.165) is 35.2 Å². The Hall–Kier alpha value is -3.59. The van der Waals surface area contributed by atoms with Crippen molar-refractivity contribution >= 4 is 16.6 Å². The van der Waals surface area contributed by atoms with Crippen LogP contribution >= 0.6 is 0 Å². The van der Waals surface area contributed by atoms with Crippen LogP contribution in [0.5, 0.6) is 0 Å². The van der Waals surface area contributed by atoms with Gasteiger partial charge in [-0.3, -0.25) is 9.69 Å². The predicted octanol–water partition coefficient (Wildman–Crippen LogP) is 3.63. The van der Waals surface area contributed by atoms with Gasteiger partial charge in [0.2, 0.25) is 0 Å². The lowest BCUT2D eigenvalue weighted by Crippen LogP contribution is -2.49. The number of fused-ring (bicyclic) bond motifs is 1. The summed E-state index contributed by atoms with van der Waals surface area (Å²) in [6.45, 7) is 11.0. The molecule has 0 radical (unpaired) electrons. The first-order chi connectivity index (χ1) is 16.7. The molecular formula is C26H30FN7O. The van der Waals surface area contributed by atoms with Crippen LogP contribution in [0.2, 0.25) is 0 Å². The summed E-state index contributed by atoms with van der Waals surface area (Å²) in [4.78, 5) is 21.0. The molecule has 182 valence electrons. The zero-order valence-corrected chi connectivity index (χ0v) is 20.5.